The van der Waals surface area contributed by atoms with Gasteiger partial charge in [-0.25, -0.2) is 0 Å². The van der Waals surface area contributed by atoms with Crippen LogP contribution in [-0.2, 0) is 6.54 Å². The third kappa shape index (κ3) is 3.39. The minimum atomic E-state index is -0.280. The normalized spacial score (nSPS) is 12.7. The summed E-state index contributed by atoms with van der Waals surface area (Å²) in [5.41, 5.74) is 3.22. The summed E-state index contributed by atoms with van der Waals surface area (Å²) >= 11 is 0. The number of rotatable bonds is 4. The van der Waals surface area contributed by atoms with E-state index in [-0.39, 0.29) is 11.6 Å². The van der Waals surface area contributed by atoms with Gasteiger partial charge in [0.2, 0.25) is 0 Å². The fraction of sp³-hybridized carbons (Fsp3) is 0.200. The zero-order chi connectivity index (χ0) is 17.9. The molecule has 0 aliphatic carbocycles. The molecular weight excluding hydrogens is 332 g/mol. The lowest BCUT2D eigenvalue weighted by molar-refractivity contribution is 0.0942. The van der Waals surface area contributed by atoms with Gasteiger partial charge in [-0.1, -0.05) is 35.0 Å². The first-order valence-electron chi connectivity index (χ1n) is 8.39. The van der Waals surface area contributed by atoms with Crippen molar-refractivity contribution in [3.8, 4) is 22.8 Å². The van der Waals surface area contributed by atoms with Crippen molar-refractivity contribution in [2.75, 3.05) is 13.2 Å². The maximum absolute atomic E-state index is 12.3. The van der Waals surface area contributed by atoms with E-state index in [1.165, 1.54) is 5.56 Å². The molecule has 0 radical (unpaired) electrons. The van der Waals surface area contributed by atoms with Crippen LogP contribution in [0.4, 0.5) is 0 Å². The second-order valence-electron chi connectivity index (χ2n) is 6.10. The van der Waals surface area contributed by atoms with E-state index >= 15 is 0 Å². The number of hydrogen-bond acceptors (Lipinski definition) is 5. The van der Waals surface area contributed by atoms with Gasteiger partial charge in [0.15, 0.2) is 23.0 Å². The lowest BCUT2D eigenvalue weighted by Crippen LogP contribution is -2.22. The summed E-state index contributed by atoms with van der Waals surface area (Å²) in [5, 5.41) is 6.72. The number of hydrogen-bond donors (Lipinski definition) is 1. The monoisotopic (exact) mass is 350 g/mol. The van der Waals surface area contributed by atoms with Gasteiger partial charge in [-0.05, 0) is 30.7 Å². The molecule has 0 atom stereocenters. The molecule has 1 aromatic heterocycles. The molecule has 0 unspecified atom stereocenters. The molecule has 6 heteroatoms. The van der Waals surface area contributed by atoms with E-state index in [0.717, 1.165) is 11.1 Å². The number of carbonyl (C=O) groups is 1. The Morgan fingerprint density at radius 1 is 1.04 bits per heavy atom. The van der Waals surface area contributed by atoms with Crippen molar-refractivity contribution in [3.05, 3.63) is 65.4 Å². The van der Waals surface area contributed by atoms with Crippen molar-refractivity contribution in [3.63, 3.8) is 0 Å². The summed E-state index contributed by atoms with van der Waals surface area (Å²) in [4.78, 5) is 12.3. The van der Waals surface area contributed by atoms with Crippen LogP contribution in [0, 0.1) is 6.92 Å². The molecule has 132 valence electrons. The summed E-state index contributed by atoms with van der Waals surface area (Å²) in [5.74, 6) is 1.59. The maximum Gasteiger partial charge on any atom is 0.273 e. The lowest BCUT2D eigenvalue weighted by Gasteiger charge is -2.18. The number of fused-ring (bicyclic) bond motifs is 1. The maximum atomic E-state index is 12.3. The average molecular weight is 350 g/mol. The first-order valence-corrected chi connectivity index (χ1v) is 8.39. The molecule has 26 heavy (non-hydrogen) atoms. The van der Waals surface area contributed by atoms with Gasteiger partial charge >= 0.3 is 0 Å². The third-order valence-electron chi connectivity index (χ3n) is 4.14. The highest BCUT2D eigenvalue weighted by Gasteiger charge is 2.17. The van der Waals surface area contributed by atoms with Crippen molar-refractivity contribution in [1.82, 2.24) is 10.5 Å². The molecule has 2 heterocycles. The molecule has 0 fully saturated rings. The van der Waals surface area contributed by atoms with E-state index in [1.54, 1.807) is 6.07 Å². The quantitative estimate of drug-likeness (QED) is 0.781. The van der Waals surface area contributed by atoms with E-state index in [9.17, 15) is 4.79 Å². The third-order valence-corrected chi connectivity index (χ3v) is 4.14. The van der Waals surface area contributed by atoms with E-state index in [0.29, 0.717) is 37.0 Å². The van der Waals surface area contributed by atoms with Crippen LogP contribution in [-0.4, -0.2) is 24.3 Å². The van der Waals surface area contributed by atoms with Gasteiger partial charge in [0.25, 0.3) is 5.91 Å². The second-order valence-corrected chi connectivity index (χ2v) is 6.10. The smallest absolute Gasteiger partial charge is 0.273 e. The summed E-state index contributed by atoms with van der Waals surface area (Å²) in [6, 6.07) is 15.1. The van der Waals surface area contributed by atoms with Crippen molar-refractivity contribution in [2.45, 2.75) is 13.5 Å². The van der Waals surface area contributed by atoms with Crippen molar-refractivity contribution in [1.29, 1.82) is 0 Å². The molecule has 1 aliphatic heterocycles. The number of nitrogens with zero attached hydrogens (tertiary/aromatic N) is 1. The number of carbonyl (C=O) groups excluding carboxylic acids is 1. The standard InChI is InChI=1S/C20H18N2O4/c1-13-2-4-14(5-3-13)12-21-20(23)16-11-18(26-22-16)15-6-7-17-19(10-15)25-9-8-24-17/h2-7,10-11H,8-9,12H2,1H3,(H,21,23). The number of aromatic nitrogens is 1. The molecule has 2 aromatic carbocycles. The minimum absolute atomic E-state index is 0.238. The molecule has 4 rings (SSSR count). The molecule has 0 saturated carbocycles. The number of amides is 1. The molecule has 1 N–H and O–H groups in total. The summed E-state index contributed by atoms with van der Waals surface area (Å²) in [6.45, 7) is 3.52. The van der Waals surface area contributed by atoms with E-state index in [4.69, 9.17) is 14.0 Å². The zero-order valence-electron chi connectivity index (χ0n) is 14.3. The van der Waals surface area contributed by atoms with Crippen LogP contribution in [0.5, 0.6) is 11.5 Å². The van der Waals surface area contributed by atoms with Crippen LogP contribution in [0.25, 0.3) is 11.3 Å². The van der Waals surface area contributed by atoms with Crippen molar-refractivity contribution in [2.24, 2.45) is 0 Å². The lowest BCUT2D eigenvalue weighted by atomic mass is 10.1. The molecule has 0 bridgehead atoms. The zero-order valence-corrected chi connectivity index (χ0v) is 14.3. The Bertz CT molecular complexity index is 931. The van der Waals surface area contributed by atoms with E-state index < -0.39 is 0 Å². The van der Waals surface area contributed by atoms with Crippen LogP contribution < -0.4 is 14.8 Å². The van der Waals surface area contributed by atoms with Crippen LogP contribution in [0.15, 0.2) is 53.1 Å². The fourth-order valence-electron chi connectivity index (χ4n) is 2.69. The number of aryl methyl sites for hydroxylation is 1. The molecule has 0 spiro atoms. The predicted octanol–water partition coefficient (Wildman–Crippen LogP) is 3.35. The Morgan fingerprint density at radius 2 is 1.81 bits per heavy atom. The predicted molar refractivity (Wildman–Crippen MR) is 95.3 cm³/mol. The molecule has 1 aliphatic rings. The Balaban J connectivity index is 1.45. The number of nitrogens with one attached hydrogen (secondary N) is 1. The highest BCUT2D eigenvalue weighted by molar-refractivity contribution is 5.93. The average Bonchev–Trinajstić information content (AvgIpc) is 3.17. The number of benzene rings is 2. The Kier molecular flexibility index (Phi) is 4.31. The van der Waals surface area contributed by atoms with Crippen LogP contribution in [0.3, 0.4) is 0 Å². The van der Waals surface area contributed by atoms with E-state index in [1.807, 2.05) is 49.4 Å². The van der Waals surface area contributed by atoms with Gasteiger partial charge < -0.3 is 19.3 Å². The topological polar surface area (TPSA) is 73.6 Å². The Hall–Kier alpha value is -3.28. The summed E-state index contributed by atoms with van der Waals surface area (Å²) in [6.07, 6.45) is 0. The van der Waals surface area contributed by atoms with Gasteiger partial charge in [0.1, 0.15) is 13.2 Å². The van der Waals surface area contributed by atoms with Crippen molar-refractivity contribution < 1.29 is 18.8 Å². The van der Waals surface area contributed by atoms with Gasteiger partial charge in [-0.3, -0.25) is 4.79 Å². The van der Waals surface area contributed by atoms with Crippen LogP contribution in [0.1, 0.15) is 21.6 Å². The molecule has 0 saturated heterocycles. The molecule has 3 aromatic rings. The highest BCUT2D eigenvalue weighted by atomic mass is 16.6. The fourth-order valence-corrected chi connectivity index (χ4v) is 2.69. The van der Waals surface area contributed by atoms with Gasteiger partial charge in [0.05, 0.1) is 0 Å². The first kappa shape index (κ1) is 16.2. The summed E-state index contributed by atoms with van der Waals surface area (Å²) in [7, 11) is 0. The largest absolute Gasteiger partial charge is 0.486 e. The molecular formula is C20H18N2O4. The Labute approximate surface area is 150 Å². The highest BCUT2D eigenvalue weighted by Crippen LogP contribution is 2.34. The van der Waals surface area contributed by atoms with Gasteiger partial charge in [-0.15, -0.1) is 0 Å². The van der Waals surface area contributed by atoms with E-state index in [2.05, 4.69) is 10.5 Å². The molecule has 6 nitrogen and oxygen atoms in total. The number of ether oxygens (including phenoxy) is 2. The minimum Gasteiger partial charge on any atom is -0.486 e. The second kappa shape index (κ2) is 6.92. The molecule has 1 amide bonds. The van der Waals surface area contributed by atoms with Gasteiger partial charge in [-0.2, -0.15) is 0 Å². The Morgan fingerprint density at radius 3 is 2.62 bits per heavy atom. The van der Waals surface area contributed by atoms with Crippen LogP contribution >= 0.6 is 0 Å². The summed E-state index contributed by atoms with van der Waals surface area (Å²) < 4.78 is 16.4. The van der Waals surface area contributed by atoms with Crippen LogP contribution in [0.2, 0.25) is 0 Å². The first-order chi connectivity index (χ1) is 12.7. The SMILES string of the molecule is Cc1ccc(CNC(=O)c2cc(-c3ccc4c(c3)OCCO4)on2)cc1. The van der Waals surface area contributed by atoms with Gasteiger partial charge in [0, 0.05) is 18.2 Å². The van der Waals surface area contributed by atoms with Crippen molar-refractivity contribution >= 4 is 5.91 Å².